The van der Waals surface area contributed by atoms with E-state index in [0.717, 1.165) is 23.9 Å². The van der Waals surface area contributed by atoms with Crippen LogP contribution in [0.15, 0.2) is 73.2 Å². The van der Waals surface area contributed by atoms with Crippen LogP contribution in [-0.4, -0.2) is 30.6 Å². The first-order chi connectivity index (χ1) is 17.7. The smallest absolute Gasteiger partial charge is 0.398 e. The van der Waals surface area contributed by atoms with Crippen LogP contribution in [0.4, 0.5) is 30.5 Å². The summed E-state index contributed by atoms with van der Waals surface area (Å²) >= 11 is 0. The second kappa shape index (κ2) is 9.22. The maximum absolute atomic E-state index is 12.9. The van der Waals surface area contributed by atoms with Gasteiger partial charge in [-0.2, -0.15) is 18.3 Å². The van der Waals surface area contributed by atoms with Crippen LogP contribution in [0.3, 0.4) is 0 Å². The van der Waals surface area contributed by atoms with E-state index in [1.54, 1.807) is 22.9 Å². The maximum atomic E-state index is 12.9. The Morgan fingerprint density at radius 1 is 0.973 bits per heavy atom. The number of carbonyl (C=O) groups is 1. The highest BCUT2D eigenvalue weighted by Crippen LogP contribution is 2.32. The van der Waals surface area contributed by atoms with Crippen molar-refractivity contribution < 1.29 is 18.0 Å². The van der Waals surface area contributed by atoms with Crippen molar-refractivity contribution in [3.8, 4) is 11.3 Å². The third-order valence-electron chi connectivity index (χ3n) is 5.68. The molecule has 9 nitrogen and oxygen atoms in total. The summed E-state index contributed by atoms with van der Waals surface area (Å²) in [4.78, 5) is 24.8. The number of carbonyl (C=O) groups excluding carboxylic acids is 1. The van der Waals surface area contributed by atoms with Gasteiger partial charge in [-0.15, -0.1) is 0 Å². The summed E-state index contributed by atoms with van der Waals surface area (Å²) < 4.78 is 40.5. The van der Waals surface area contributed by atoms with Gasteiger partial charge in [-0.05, 0) is 35.9 Å². The topological polar surface area (TPSA) is 138 Å². The van der Waals surface area contributed by atoms with Crippen molar-refractivity contribution in [1.29, 1.82) is 0 Å². The Kier molecular flexibility index (Phi) is 5.91. The molecule has 3 heterocycles. The van der Waals surface area contributed by atoms with E-state index in [2.05, 4.69) is 20.3 Å². The normalized spacial score (nSPS) is 11.5. The molecule has 3 aromatic heterocycles. The SMILES string of the molecule is Nc1ccccc1Cn1nc(-c2ccc(C(=O)Nc3cc(C(F)(F)F)ccn3)cc2)c2c(N)ncnc21. The van der Waals surface area contributed by atoms with Crippen molar-refractivity contribution in [2.45, 2.75) is 12.7 Å². The minimum absolute atomic E-state index is 0.209. The number of nitrogens with zero attached hydrogens (tertiary/aromatic N) is 5. The summed E-state index contributed by atoms with van der Waals surface area (Å²) in [5.74, 6) is -0.584. The lowest BCUT2D eigenvalue weighted by atomic mass is 10.1. The highest BCUT2D eigenvalue weighted by molar-refractivity contribution is 6.04. The number of para-hydroxylation sites is 1. The minimum Gasteiger partial charge on any atom is -0.398 e. The Balaban J connectivity index is 1.44. The summed E-state index contributed by atoms with van der Waals surface area (Å²) in [5, 5.41) is 7.62. The zero-order chi connectivity index (χ0) is 26.2. The molecular formula is C25H19F3N8O. The van der Waals surface area contributed by atoms with Gasteiger partial charge in [0.05, 0.1) is 17.5 Å². The molecule has 0 bridgehead atoms. The Morgan fingerprint density at radius 3 is 2.46 bits per heavy atom. The quantitative estimate of drug-likeness (QED) is 0.302. The highest BCUT2D eigenvalue weighted by Gasteiger charge is 2.31. The fraction of sp³-hybridized carbons (Fsp3) is 0.0800. The van der Waals surface area contributed by atoms with Gasteiger partial charge < -0.3 is 16.8 Å². The van der Waals surface area contributed by atoms with Gasteiger partial charge in [-0.3, -0.25) is 4.79 Å². The summed E-state index contributed by atoms with van der Waals surface area (Å²) in [6.45, 7) is 0.351. The number of pyridine rings is 1. The number of halogens is 3. The van der Waals surface area contributed by atoms with Gasteiger partial charge in [-0.25, -0.2) is 19.6 Å². The number of fused-ring (bicyclic) bond motifs is 1. The summed E-state index contributed by atoms with van der Waals surface area (Å²) in [5.41, 5.74) is 14.7. The molecule has 5 aromatic rings. The summed E-state index contributed by atoms with van der Waals surface area (Å²) in [6, 6.07) is 15.4. The molecule has 5 rings (SSSR count). The molecule has 0 saturated heterocycles. The van der Waals surface area contributed by atoms with Crippen LogP contribution < -0.4 is 16.8 Å². The van der Waals surface area contributed by atoms with Gasteiger partial charge in [0.15, 0.2) is 5.65 Å². The summed E-state index contributed by atoms with van der Waals surface area (Å²) in [7, 11) is 0. The number of hydrogen-bond acceptors (Lipinski definition) is 7. The number of nitrogens with one attached hydrogen (secondary N) is 1. The molecule has 0 aliphatic heterocycles. The van der Waals surface area contributed by atoms with E-state index in [1.807, 2.05) is 18.2 Å². The van der Waals surface area contributed by atoms with Gasteiger partial charge in [0.1, 0.15) is 23.7 Å². The Morgan fingerprint density at radius 2 is 1.73 bits per heavy atom. The average molecular weight is 504 g/mol. The first-order valence-corrected chi connectivity index (χ1v) is 11.0. The van der Waals surface area contributed by atoms with Crippen molar-refractivity contribution in [2.75, 3.05) is 16.8 Å². The van der Waals surface area contributed by atoms with E-state index < -0.39 is 17.6 Å². The number of nitrogens with two attached hydrogens (primary N) is 2. The number of alkyl halides is 3. The van der Waals surface area contributed by atoms with Crippen LogP contribution in [0.5, 0.6) is 0 Å². The maximum Gasteiger partial charge on any atom is 0.416 e. The molecule has 0 unspecified atom stereocenters. The Hall–Kier alpha value is -5.00. The lowest BCUT2D eigenvalue weighted by Gasteiger charge is -2.09. The van der Waals surface area contributed by atoms with Crippen molar-refractivity contribution >= 4 is 34.3 Å². The van der Waals surface area contributed by atoms with Gasteiger partial charge in [-0.1, -0.05) is 30.3 Å². The van der Waals surface area contributed by atoms with Crippen molar-refractivity contribution in [3.05, 3.63) is 89.9 Å². The zero-order valence-electron chi connectivity index (χ0n) is 19.1. The standard InChI is InChI=1S/C25H19F3N8O/c26-25(27,28)17-9-10-31-19(11-17)34-24(37)15-7-5-14(6-8-15)21-20-22(30)32-13-33-23(20)36(35-21)12-16-3-1-2-4-18(16)29/h1-11,13H,12,29H2,(H2,30,32,33)(H,31,34,37). The predicted octanol–water partition coefficient (Wildman–Crippen LogP) is 4.37. The molecule has 0 radical (unpaired) electrons. The van der Waals surface area contributed by atoms with Crippen LogP contribution in [-0.2, 0) is 12.7 Å². The van der Waals surface area contributed by atoms with Gasteiger partial charge in [0.25, 0.3) is 5.91 Å². The molecule has 0 aliphatic carbocycles. The van der Waals surface area contributed by atoms with Crippen molar-refractivity contribution in [3.63, 3.8) is 0 Å². The monoisotopic (exact) mass is 504 g/mol. The summed E-state index contributed by atoms with van der Waals surface area (Å²) in [6.07, 6.45) is -2.21. The van der Waals surface area contributed by atoms with Gasteiger partial charge >= 0.3 is 6.18 Å². The molecule has 37 heavy (non-hydrogen) atoms. The van der Waals surface area contributed by atoms with Crippen LogP contribution >= 0.6 is 0 Å². The number of amides is 1. The predicted molar refractivity (Wildman–Crippen MR) is 132 cm³/mol. The van der Waals surface area contributed by atoms with E-state index in [4.69, 9.17) is 16.6 Å². The Bertz CT molecular complexity index is 1610. The fourth-order valence-corrected chi connectivity index (χ4v) is 3.83. The molecule has 0 aliphatic rings. The van der Waals surface area contributed by atoms with E-state index in [-0.39, 0.29) is 17.2 Å². The molecule has 0 saturated carbocycles. The molecule has 5 N–H and O–H groups in total. The molecule has 12 heteroatoms. The third kappa shape index (κ3) is 4.76. The number of anilines is 3. The number of benzene rings is 2. The minimum atomic E-state index is -4.55. The largest absolute Gasteiger partial charge is 0.416 e. The van der Waals surface area contributed by atoms with Crippen LogP contribution in [0.2, 0.25) is 0 Å². The lowest BCUT2D eigenvalue weighted by Crippen LogP contribution is -2.14. The average Bonchev–Trinajstić information content (AvgIpc) is 3.25. The van der Waals surface area contributed by atoms with Crippen molar-refractivity contribution in [1.82, 2.24) is 24.7 Å². The Labute approximate surface area is 208 Å². The highest BCUT2D eigenvalue weighted by atomic mass is 19.4. The van der Waals surface area contributed by atoms with Crippen LogP contribution in [0.25, 0.3) is 22.3 Å². The zero-order valence-corrected chi connectivity index (χ0v) is 19.1. The molecule has 186 valence electrons. The molecule has 1 amide bonds. The lowest BCUT2D eigenvalue weighted by molar-refractivity contribution is -0.137. The number of nitrogen functional groups attached to an aromatic ring is 2. The van der Waals surface area contributed by atoms with Gasteiger partial charge in [0, 0.05) is 23.0 Å². The van der Waals surface area contributed by atoms with Crippen LogP contribution in [0, 0.1) is 0 Å². The molecule has 0 spiro atoms. The number of rotatable bonds is 5. The van der Waals surface area contributed by atoms with E-state index >= 15 is 0 Å². The first kappa shape index (κ1) is 23.7. The molecular weight excluding hydrogens is 485 g/mol. The second-order valence-electron chi connectivity index (χ2n) is 8.12. The van der Waals surface area contributed by atoms with E-state index in [0.29, 0.717) is 34.5 Å². The molecule has 0 fully saturated rings. The van der Waals surface area contributed by atoms with Gasteiger partial charge in [0.2, 0.25) is 0 Å². The second-order valence-corrected chi connectivity index (χ2v) is 8.12. The third-order valence-corrected chi connectivity index (χ3v) is 5.68. The fourth-order valence-electron chi connectivity index (χ4n) is 3.83. The first-order valence-electron chi connectivity index (χ1n) is 11.0. The number of hydrogen-bond donors (Lipinski definition) is 3. The van der Waals surface area contributed by atoms with E-state index in [9.17, 15) is 18.0 Å². The molecule has 2 aromatic carbocycles. The molecule has 0 atom stereocenters. The van der Waals surface area contributed by atoms with Crippen LogP contribution in [0.1, 0.15) is 21.5 Å². The number of aromatic nitrogens is 5. The van der Waals surface area contributed by atoms with Crippen molar-refractivity contribution in [2.24, 2.45) is 0 Å². The van der Waals surface area contributed by atoms with E-state index in [1.165, 1.54) is 18.5 Å².